The van der Waals surface area contributed by atoms with Gasteiger partial charge in [0.05, 0.1) is 0 Å². The van der Waals surface area contributed by atoms with Crippen molar-refractivity contribution in [2.45, 2.75) is 39.2 Å². The third kappa shape index (κ3) is 6.74. The van der Waals surface area contributed by atoms with Gasteiger partial charge in [0.25, 0.3) is 0 Å². The van der Waals surface area contributed by atoms with Crippen molar-refractivity contribution in [3.05, 3.63) is 24.3 Å². The molecule has 0 fully saturated rings. The first kappa shape index (κ1) is 14.7. The second-order valence-electron chi connectivity index (χ2n) is 3.89. The Bertz CT molecular complexity index is 254. The number of thiocarbonyl (C=S) groups is 1. The van der Waals surface area contributed by atoms with Crippen LogP contribution in [0.15, 0.2) is 24.3 Å². The average molecular weight is 244 g/mol. The van der Waals surface area contributed by atoms with E-state index in [4.69, 9.17) is 17.0 Å². The van der Waals surface area contributed by atoms with Gasteiger partial charge >= 0.3 is 0 Å². The van der Waals surface area contributed by atoms with Crippen molar-refractivity contribution in [3.8, 4) is 0 Å². The van der Waals surface area contributed by atoms with Crippen molar-refractivity contribution in [2.75, 3.05) is 6.26 Å². The first-order chi connectivity index (χ1) is 6.93. The normalized spacial score (nSPS) is 13.9. The number of hydrogen-bond donors (Lipinski definition) is 0. The molecule has 1 nitrogen and oxygen atoms in total. The minimum Gasteiger partial charge on any atom is -0.468 e. The molecule has 1 unspecified atom stereocenters. The highest BCUT2D eigenvalue weighted by molar-refractivity contribution is 8.22. The van der Waals surface area contributed by atoms with Crippen LogP contribution in [-0.2, 0) is 4.74 Å². The van der Waals surface area contributed by atoms with Gasteiger partial charge < -0.3 is 4.74 Å². The SMILES string of the molecule is C=CC(C)(CCC=C(C)C)OC(=S)SC. The summed E-state index contributed by atoms with van der Waals surface area (Å²) < 4.78 is 6.24. The fourth-order valence-electron chi connectivity index (χ4n) is 1.07. The fraction of sp³-hybridized carbons (Fsp3) is 0.583. The molecule has 0 radical (unpaired) electrons. The lowest BCUT2D eigenvalue weighted by Gasteiger charge is -2.26. The first-order valence-corrected chi connectivity index (χ1v) is 6.61. The van der Waals surface area contributed by atoms with E-state index < -0.39 is 0 Å². The third-order valence-corrected chi connectivity index (χ3v) is 3.11. The molecule has 0 rings (SSSR count). The van der Waals surface area contributed by atoms with E-state index in [2.05, 4.69) is 26.5 Å². The summed E-state index contributed by atoms with van der Waals surface area (Å²) in [5, 5.41) is 0. The van der Waals surface area contributed by atoms with Gasteiger partial charge in [-0.25, -0.2) is 0 Å². The molecule has 0 amide bonds. The zero-order chi connectivity index (χ0) is 11.9. The lowest BCUT2D eigenvalue weighted by molar-refractivity contribution is 0.129. The van der Waals surface area contributed by atoms with E-state index in [1.54, 1.807) is 0 Å². The molecule has 0 aromatic heterocycles. The van der Waals surface area contributed by atoms with Gasteiger partial charge in [-0.3, -0.25) is 0 Å². The molecule has 0 N–H and O–H groups in total. The highest BCUT2D eigenvalue weighted by atomic mass is 32.2. The Labute approximate surface area is 103 Å². The highest BCUT2D eigenvalue weighted by Crippen LogP contribution is 2.22. The molecule has 0 aromatic rings. The summed E-state index contributed by atoms with van der Waals surface area (Å²) in [6.45, 7) is 10.0. The Morgan fingerprint density at radius 2 is 2.13 bits per heavy atom. The van der Waals surface area contributed by atoms with E-state index >= 15 is 0 Å². The van der Waals surface area contributed by atoms with Crippen LogP contribution >= 0.6 is 24.0 Å². The number of hydrogen-bond acceptors (Lipinski definition) is 3. The maximum absolute atomic E-state index is 5.67. The van der Waals surface area contributed by atoms with E-state index in [9.17, 15) is 0 Å². The summed E-state index contributed by atoms with van der Waals surface area (Å²) in [7, 11) is 0. The molecule has 0 spiro atoms. The van der Waals surface area contributed by atoms with Gasteiger partial charge in [-0.15, -0.1) is 0 Å². The molecule has 0 heterocycles. The number of ether oxygens (including phenoxy) is 1. The number of thioether (sulfide) groups is 1. The zero-order valence-electron chi connectivity index (χ0n) is 10.0. The monoisotopic (exact) mass is 244 g/mol. The van der Waals surface area contributed by atoms with E-state index in [0.29, 0.717) is 4.38 Å². The summed E-state index contributed by atoms with van der Waals surface area (Å²) in [4.78, 5) is 0. The van der Waals surface area contributed by atoms with Crippen molar-refractivity contribution in [1.82, 2.24) is 0 Å². The van der Waals surface area contributed by atoms with Crippen molar-refractivity contribution in [2.24, 2.45) is 0 Å². The summed E-state index contributed by atoms with van der Waals surface area (Å²) >= 11 is 6.50. The van der Waals surface area contributed by atoms with Gasteiger partial charge in [-0.1, -0.05) is 30.0 Å². The van der Waals surface area contributed by atoms with Crippen LogP contribution < -0.4 is 0 Å². The predicted molar refractivity (Wildman–Crippen MR) is 74.5 cm³/mol. The number of rotatable bonds is 5. The van der Waals surface area contributed by atoms with Crippen molar-refractivity contribution in [3.63, 3.8) is 0 Å². The van der Waals surface area contributed by atoms with E-state index in [0.717, 1.165) is 12.8 Å². The van der Waals surface area contributed by atoms with Crippen LogP contribution in [0.5, 0.6) is 0 Å². The average Bonchev–Trinajstić information content (AvgIpc) is 2.17. The second-order valence-corrected chi connectivity index (χ2v) is 5.30. The van der Waals surface area contributed by atoms with Crippen LogP contribution in [0.2, 0.25) is 0 Å². The van der Waals surface area contributed by atoms with Crippen molar-refractivity contribution in [1.29, 1.82) is 0 Å². The first-order valence-electron chi connectivity index (χ1n) is 4.97. The van der Waals surface area contributed by atoms with Gasteiger partial charge in [0.15, 0.2) is 0 Å². The van der Waals surface area contributed by atoms with Gasteiger partial charge in [0.2, 0.25) is 4.38 Å². The lowest BCUT2D eigenvalue weighted by atomic mass is 9.99. The fourth-order valence-corrected chi connectivity index (χ4v) is 1.54. The van der Waals surface area contributed by atoms with Crippen LogP contribution in [0.4, 0.5) is 0 Å². The van der Waals surface area contributed by atoms with E-state index in [-0.39, 0.29) is 5.60 Å². The Morgan fingerprint density at radius 3 is 2.53 bits per heavy atom. The summed E-state index contributed by atoms with van der Waals surface area (Å²) in [5.74, 6) is 0. The minimum atomic E-state index is -0.341. The van der Waals surface area contributed by atoms with Crippen LogP contribution in [0, 0.1) is 0 Å². The molecule has 3 heteroatoms. The topological polar surface area (TPSA) is 9.23 Å². The van der Waals surface area contributed by atoms with Gasteiger partial charge in [0, 0.05) is 0 Å². The molecule has 0 aliphatic heterocycles. The zero-order valence-corrected chi connectivity index (χ0v) is 11.6. The quantitative estimate of drug-likeness (QED) is 0.526. The smallest absolute Gasteiger partial charge is 0.220 e. The third-order valence-electron chi connectivity index (χ3n) is 2.11. The molecule has 15 heavy (non-hydrogen) atoms. The maximum atomic E-state index is 5.67. The number of allylic oxidation sites excluding steroid dienone is 2. The van der Waals surface area contributed by atoms with Crippen LogP contribution in [0.3, 0.4) is 0 Å². The highest BCUT2D eigenvalue weighted by Gasteiger charge is 2.22. The standard InChI is InChI=1S/C12H20OS2/c1-6-12(4,13-11(14)15-5)9-7-8-10(2)3/h6,8H,1,7,9H2,2-5H3. The van der Waals surface area contributed by atoms with Gasteiger partial charge in [0.1, 0.15) is 5.60 Å². The minimum absolute atomic E-state index is 0.341. The lowest BCUT2D eigenvalue weighted by Crippen LogP contribution is -2.27. The summed E-state index contributed by atoms with van der Waals surface area (Å²) in [6, 6.07) is 0. The molecule has 1 atom stereocenters. The van der Waals surface area contributed by atoms with Gasteiger partial charge in [-0.2, -0.15) is 0 Å². The second kappa shape index (κ2) is 7.07. The van der Waals surface area contributed by atoms with Crippen LogP contribution in [0.25, 0.3) is 0 Å². The predicted octanol–water partition coefficient (Wildman–Crippen LogP) is 4.34. The molecule has 0 saturated heterocycles. The van der Waals surface area contributed by atoms with Crippen molar-refractivity contribution >= 4 is 28.4 Å². The van der Waals surface area contributed by atoms with E-state index in [1.807, 2.05) is 19.3 Å². The molecule has 0 bridgehead atoms. The molecule has 0 aliphatic rings. The van der Waals surface area contributed by atoms with Crippen LogP contribution in [0.1, 0.15) is 33.6 Å². The maximum Gasteiger partial charge on any atom is 0.220 e. The Balaban J connectivity index is 4.25. The summed E-state index contributed by atoms with van der Waals surface area (Å²) in [6.07, 6.45) is 7.84. The largest absolute Gasteiger partial charge is 0.468 e. The molecular formula is C12H20OS2. The van der Waals surface area contributed by atoms with Crippen LogP contribution in [-0.4, -0.2) is 16.2 Å². The molecule has 86 valence electrons. The summed E-state index contributed by atoms with van der Waals surface area (Å²) in [5.41, 5.74) is 0.986. The molecular weight excluding hydrogens is 224 g/mol. The van der Waals surface area contributed by atoms with Gasteiger partial charge in [-0.05, 0) is 58.2 Å². The Hall–Kier alpha value is -0.280. The Morgan fingerprint density at radius 1 is 1.53 bits per heavy atom. The molecule has 0 aliphatic carbocycles. The molecule has 0 aromatic carbocycles. The van der Waals surface area contributed by atoms with Crippen molar-refractivity contribution < 1.29 is 4.74 Å². The van der Waals surface area contributed by atoms with E-state index in [1.165, 1.54) is 17.3 Å². The molecule has 0 saturated carbocycles. The Kier molecular flexibility index (Phi) is 6.94.